The Kier molecular flexibility index (Phi) is 6.94. The number of nitrogens with zero attached hydrogens (tertiary/aromatic N) is 2. The van der Waals surface area contributed by atoms with E-state index in [2.05, 4.69) is 5.32 Å². The largest absolute Gasteiger partial charge is 0.351 e. The van der Waals surface area contributed by atoms with Gasteiger partial charge >= 0.3 is 0 Å². The van der Waals surface area contributed by atoms with Crippen molar-refractivity contribution >= 4 is 15.9 Å². The van der Waals surface area contributed by atoms with Crippen LogP contribution < -0.4 is 5.32 Å². The minimum Gasteiger partial charge on any atom is -0.351 e. The molecule has 9 heteroatoms. The van der Waals surface area contributed by atoms with Crippen LogP contribution in [0.4, 0.5) is 8.78 Å². The maximum atomic E-state index is 13.1. The van der Waals surface area contributed by atoms with Gasteiger partial charge in [-0.25, -0.2) is 17.2 Å². The highest BCUT2D eigenvalue weighted by molar-refractivity contribution is 7.89. The molecular weight excluding hydrogens is 400 g/mol. The van der Waals surface area contributed by atoms with Crippen molar-refractivity contribution < 1.29 is 22.0 Å². The Morgan fingerprint density at radius 3 is 2.17 bits per heavy atom. The Bertz CT molecular complexity index is 934. The lowest BCUT2D eigenvalue weighted by Crippen LogP contribution is -2.39. The average molecular weight is 423 g/mol. The molecule has 0 radical (unpaired) electrons. The highest BCUT2D eigenvalue weighted by atomic mass is 32.2. The van der Waals surface area contributed by atoms with Crippen LogP contribution in [-0.4, -0.2) is 56.3 Å². The summed E-state index contributed by atoms with van der Waals surface area (Å²) in [5.74, 6) is -0.994. The highest BCUT2D eigenvalue weighted by Crippen LogP contribution is 2.18. The summed E-state index contributed by atoms with van der Waals surface area (Å²) < 4.78 is 52.8. The number of sulfonamides is 1. The van der Waals surface area contributed by atoms with Gasteiger partial charge in [-0.05, 0) is 54.9 Å². The topological polar surface area (TPSA) is 69.7 Å². The normalized spacial score (nSPS) is 16.3. The minimum atomic E-state index is -3.69. The summed E-state index contributed by atoms with van der Waals surface area (Å²) in [6.07, 6.45) is 0.589. The van der Waals surface area contributed by atoms with E-state index in [-0.39, 0.29) is 29.7 Å². The van der Waals surface area contributed by atoms with Crippen LogP contribution in [0.3, 0.4) is 0 Å². The molecule has 1 fully saturated rings. The van der Waals surface area contributed by atoms with Gasteiger partial charge < -0.3 is 5.32 Å². The number of hydrogen-bond donors (Lipinski definition) is 1. The molecule has 3 rings (SSSR count). The molecule has 2 aromatic rings. The van der Waals surface area contributed by atoms with Crippen LogP contribution in [-0.2, 0) is 21.4 Å². The van der Waals surface area contributed by atoms with Gasteiger partial charge in [-0.2, -0.15) is 4.31 Å². The average Bonchev–Trinajstić information content (AvgIpc) is 2.94. The summed E-state index contributed by atoms with van der Waals surface area (Å²) in [6, 6.07) is 10.7. The van der Waals surface area contributed by atoms with Crippen LogP contribution in [0.2, 0.25) is 0 Å². The van der Waals surface area contributed by atoms with E-state index in [1.165, 1.54) is 28.6 Å². The lowest BCUT2D eigenvalue weighted by atomic mass is 10.2. The highest BCUT2D eigenvalue weighted by Gasteiger charge is 2.27. The number of carbonyl (C=O) groups is 1. The fraction of sp³-hybridized carbons (Fsp3) is 0.350. The summed E-state index contributed by atoms with van der Waals surface area (Å²) in [4.78, 5) is 14.2. The SMILES string of the molecule is O=C(CN1CCCN(S(=O)(=O)c2ccc(F)cc2)CC1)NCc1ccc(F)cc1. The second-order valence-corrected chi connectivity index (χ2v) is 8.83. The van der Waals surface area contributed by atoms with E-state index in [0.29, 0.717) is 32.6 Å². The lowest BCUT2D eigenvalue weighted by Gasteiger charge is -2.21. The molecule has 1 heterocycles. The maximum absolute atomic E-state index is 13.1. The number of carbonyl (C=O) groups excluding carboxylic acids is 1. The molecule has 2 aromatic carbocycles. The first-order chi connectivity index (χ1) is 13.8. The molecule has 0 aromatic heterocycles. The fourth-order valence-corrected chi connectivity index (χ4v) is 4.63. The lowest BCUT2D eigenvalue weighted by molar-refractivity contribution is -0.122. The molecule has 6 nitrogen and oxygen atoms in total. The van der Waals surface area contributed by atoms with Crippen LogP contribution in [0, 0.1) is 11.6 Å². The second kappa shape index (κ2) is 9.43. The van der Waals surface area contributed by atoms with E-state index >= 15 is 0 Å². The van der Waals surface area contributed by atoms with Crippen molar-refractivity contribution in [3.8, 4) is 0 Å². The summed E-state index contributed by atoms with van der Waals surface area (Å²) in [6.45, 7) is 2.08. The zero-order chi connectivity index (χ0) is 20.9. The molecule has 1 saturated heterocycles. The summed E-state index contributed by atoms with van der Waals surface area (Å²) in [7, 11) is -3.69. The first-order valence-corrected chi connectivity index (χ1v) is 10.8. The van der Waals surface area contributed by atoms with Gasteiger partial charge in [0.05, 0.1) is 11.4 Å². The number of amides is 1. The Labute approximate surface area is 169 Å². The van der Waals surface area contributed by atoms with Crippen molar-refractivity contribution in [3.05, 3.63) is 65.7 Å². The zero-order valence-corrected chi connectivity index (χ0v) is 16.7. The smallest absolute Gasteiger partial charge is 0.243 e. The molecule has 0 saturated carbocycles. The van der Waals surface area contributed by atoms with E-state index in [1.54, 1.807) is 12.1 Å². The van der Waals surface area contributed by atoms with Crippen molar-refractivity contribution in [1.29, 1.82) is 0 Å². The van der Waals surface area contributed by atoms with Crippen molar-refractivity contribution in [2.45, 2.75) is 17.9 Å². The molecule has 1 amide bonds. The number of rotatable bonds is 6. The molecule has 0 bridgehead atoms. The van der Waals surface area contributed by atoms with E-state index < -0.39 is 15.8 Å². The maximum Gasteiger partial charge on any atom is 0.243 e. The van der Waals surface area contributed by atoms with Gasteiger partial charge in [0, 0.05) is 26.2 Å². The van der Waals surface area contributed by atoms with E-state index in [9.17, 15) is 22.0 Å². The van der Waals surface area contributed by atoms with Crippen LogP contribution in [0.5, 0.6) is 0 Å². The first-order valence-electron chi connectivity index (χ1n) is 9.34. The van der Waals surface area contributed by atoms with Crippen molar-refractivity contribution in [3.63, 3.8) is 0 Å². The van der Waals surface area contributed by atoms with Crippen LogP contribution in [0.1, 0.15) is 12.0 Å². The number of halogens is 2. The van der Waals surface area contributed by atoms with Crippen molar-refractivity contribution in [2.75, 3.05) is 32.7 Å². The molecule has 0 unspecified atom stereocenters. The van der Waals surface area contributed by atoms with Crippen LogP contribution in [0.15, 0.2) is 53.4 Å². The van der Waals surface area contributed by atoms with E-state index in [1.807, 2.05) is 4.90 Å². The molecule has 29 heavy (non-hydrogen) atoms. The summed E-state index contributed by atoms with van der Waals surface area (Å²) in [5.41, 5.74) is 0.798. The van der Waals surface area contributed by atoms with Gasteiger partial charge in [0.15, 0.2) is 0 Å². The van der Waals surface area contributed by atoms with Crippen molar-refractivity contribution in [1.82, 2.24) is 14.5 Å². The number of benzene rings is 2. The second-order valence-electron chi connectivity index (χ2n) is 6.89. The third kappa shape index (κ3) is 5.81. The molecule has 0 atom stereocenters. The number of nitrogens with one attached hydrogen (secondary N) is 1. The van der Waals surface area contributed by atoms with Crippen molar-refractivity contribution in [2.24, 2.45) is 0 Å². The zero-order valence-electron chi connectivity index (χ0n) is 15.9. The Morgan fingerprint density at radius 2 is 1.52 bits per heavy atom. The minimum absolute atomic E-state index is 0.0596. The molecule has 1 N–H and O–H groups in total. The Balaban J connectivity index is 1.52. The third-order valence-electron chi connectivity index (χ3n) is 4.77. The Morgan fingerprint density at radius 1 is 0.897 bits per heavy atom. The van der Waals surface area contributed by atoms with Gasteiger partial charge in [-0.15, -0.1) is 0 Å². The third-order valence-corrected chi connectivity index (χ3v) is 6.68. The summed E-state index contributed by atoms with van der Waals surface area (Å²) >= 11 is 0. The van der Waals surface area contributed by atoms with Gasteiger partial charge in [0.25, 0.3) is 0 Å². The molecule has 1 aliphatic heterocycles. The molecule has 0 aliphatic carbocycles. The molecule has 0 spiro atoms. The van der Waals surface area contributed by atoms with Gasteiger partial charge in [0.1, 0.15) is 11.6 Å². The first kappa shape index (κ1) is 21.4. The van der Waals surface area contributed by atoms with Gasteiger partial charge in [0.2, 0.25) is 15.9 Å². The van der Waals surface area contributed by atoms with Gasteiger partial charge in [-0.3, -0.25) is 9.69 Å². The fourth-order valence-electron chi connectivity index (χ4n) is 3.16. The standard InChI is InChI=1S/C20H23F2N3O3S/c21-17-4-2-16(3-5-17)14-23-20(26)15-24-10-1-11-25(13-12-24)29(27,28)19-8-6-18(22)7-9-19/h2-9H,1,10-15H2,(H,23,26). The predicted molar refractivity (Wildman–Crippen MR) is 104 cm³/mol. The molecular formula is C20H23F2N3O3S. The van der Waals surface area contributed by atoms with Crippen LogP contribution in [0.25, 0.3) is 0 Å². The monoisotopic (exact) mass is 423 g/mol. The van der Waals surface area contributed by atoms with E-state index in [4.69, 9.17) is 0 Å². The molecule has 1 aliphatic rings. The van der Waals surface area contributed by atoms with E-state index in [0.717, 1.165) is 17.7 Å². The quantitative estimate of drug-likeness (QED) is 0.772. The van der Waals surface area contributed by atoms with Gasteiger partial charge in [-0.1, -0.05) is 12.1 Å². The number of hydrogen-bond acceptors (Lipinski definition) is 4. The van der Waals surface area contributed by atoms with Crippen LogP contribution >= 0.6 is 0 Å². The summed E-state index contributed by atoms with van der Waals surface area (Å²) in [5, 5.41) is 2.79. The predicted octanol–water partition coefficient (Wildman–Crippen LogP) is 1.98. The Hall–Kier alpha value is -2.36. The molecule has 156 valence electrons.